The van der Waals surface area contributed by atoms with Crippen molar-refractivity contribution in [3.05, 3.63) is 18.0 Å². The van der Waals surface area contributed by atoms with Gasteiger partial charge in [-0.15, -0.1) is 0 Å². The minimum Gasteiger partial charge on any atom is -0.341 e. The van der Waals surface area contributed by atoms with E-state index in [4.69, 9.17) is 5.26 Å². The highest BCUT2D eigenvalue weighted by atomic mass is 16.2. The van der Waals surface area contributed by atoms with Gasteiger partial charge in [-0.3, -0.25) is 14.4 Å². The van der Waals surface area contributed by atoms with E-state index in [9.17, 15) is 4.79 Å². The maximum Gasteiger partial charge on any atom is 0.222 e. The van der Waals surface area contributed by atoms with Crippen molar-refractivity contribution >= 4 is 5.91 Å². The Morgan fingerprint density at radius 2 is 2.32 bits per heavy atom. The molecule has 0 aliphatic carbocycles. The average molecular weight is 259 g/mol. The Labute approximate surface area is 112 Å². The minimum absolute atomic E-state index is 0.257. The SMILES string of the molecule is CN1C(=O)CCC1CN1CC(n2cc(C#N)cn2)C1. The zero-order valence-corrected chi connectivity index (χ0v) is 11.0. The van der Waals surface area contributed by atoms with Crippen LogP contribution in [0.5, 0.6) is 0 Å². The zero-order chi connectivity index (χ0) is 13.4. The highest BCUT2D eigenvalue weighted by Gasteiger charge is 2.34. The molecule has 0 N–H and O–H groups in total. The number of nitriles is 1. The van der Waals surface area contributed by atoms with Crippen molar-refractivity contribution in [1.82, 2.24) is 19.6 Å². The highest BCUT2D eigenvalue weighted by Crippen LogP contribution is 2.24. The number of hydrogen-bond donors (Lipinski definition) is 0. The second-order valence-electron chi connectivity index (χ2n) is 5.39. The predicted molar refractivity (Wildman–Crippen MR) is 68.2 cm³/mol. The molecule has 2 fully saturated rings. The summed E-state index contributed by atoms with van der Waals surface area (Å²) in [5.74, 6) is 0.257. The second-order valence-corrected chi connectivity index (χ2v) is 5.39. The van der Waals surface area contributed by atoms with Gasteiger partial charge in [0, 0.05) is 45.3 Å². The Hall–Kier alpha value is -1.87. The molecule has 2 saturated heterocycles. The Bertz CT molecular complexity index is 525. The van der Waals surface area contributed by atoms with Gasteiger partial charge in [0.15, 0.2) is 0 Å². The third-order valence-corrected chi connectivity index (χ3v) is 4.14. The summed E-state index contributed by atoms with van der Waals surface area (Å²) < 4.78 is 1.87. The number of likely N-dealkylation sites (N-methyl/N-ethyl adjacent to an activating group) is 1. The van der Waals surface area contributed by atoms with Gasteiger partial charge >= 0.3 is 0 Å². The molecule has 2 aliphatic heterocycles. The predicted octanol–water partition coefficient (Wildman–Crippen LogP) is 0.232. The van der Waals surface area contributed by atoms with Crippen molar-refractivity contribution in [2.24, 2.45) is 0 Å². The van der Waals surface area contributed by atoms with Crippen LogP contribution in [0.15, 0.2) is 12.4 Å². The Morgan fingerprint density at radius 3 is 2.89 bits per heavy atom. The average Bonchev–Trinajstić information content (AvgIpc) is 2.94. The van der Waals surface area contributed by atoms with Gasteiger partial charge in [-0.05, 0) is 6.42 Å². The van der Waals surface area contributed by atoms with Crippen LogP contribution < -0.4 is 0 Å². The quantitative estimate of drug-likeness (QED) is 0.779. The summed E-state index contributed by atoms with van der Waals surface area (Å²) in [7, 11) is 1.89. The van der Waals surface area contributed by atoms with Gasteiger partial charge in [-0.2, -0.15) is 10.4 Å². The van der Waals surface area contributed by atoms with E-state index < -0.39 is 0 Å². The van der Waals surface area contributed by atoms with Crippen LogP contribution in [0.25, 0.3) is 0 Å². The van der Waals surface area contributed by atoms with Gasteiger partial charge in [-0.25, -0.2) is 0 Å². The van der Waals surface area contributed by atoms with Crippen LogP contribution >= 0.6 is 0 Å². The first-order chi connectivity index (χ1) is 9.17. The first-order valence-electron chi connectivity index (χ1n) is 6.59. The lowest BCUT2D eigenvalue weighted by atomic mass is 10.1. The van der Waals surface area contributed by atoms with Crippen LogP contribution in [-0.2, 0) is 4.79 Å². The summed E-state index contributed by atoms with van der Waals surface area (Å²) in [5, 5.41) is 13.0. The fourth-order valence-electron chi connectivity index (χ4n) is 2.83. The van der Waals surface area contributed by atoms with E-state index in [2.05, 4.69) is 16.1 Å². The molecule has 0 radical (unpaired) electrons. The second kappa shape index (κ2) is 4.67. The molecule has 3 rings (SSSR count). The van der Waals surface area contributed by atoms with Crippen LogP contribution in [0.2, 0.25) is 0 Å². The number of rotatable bonds is 3. The Morgan fingerprint density at radius 1 is 1.53 bits per heavy atom. The Balaban J connectivity index is 1.50. The van der Waals surface area contributed by atoms with E-state index >= 15 is 0 Å². The Kier molecular flexibility index (Phi) is 2.99. The lowest BCUT2D eigenvalue weighted by molar-refractivity contribution is -0.128. The summed E-state index contributed by atoms with van der Waals surface area (Å²) in [5.41, 5.74) is 0.611. The molecule has 1 atom stereocenters. The summed E-state index contributed by atoms with van der Waals surface area (Å²) in [6.07, 6.45) is 5.05. The summed E-state index contributed by atoms with van der Waals surface area (Å²) in [6, 6.07) is 2.82. The van der Waals surface area contributed by atoms with Crippen LogP contribution in [0, 0.1) is 11.3 Å². The number of carbonyl (C=O) groups is 1. The van der Waals surface area contributed by atoms with Crippen LogP contribution in [0.3, 0.4) is 0 Å². The molecule has 1 aromatic heterocycles. The van der Waals surface area contributed by atoms with Crippen LogP contribution in [0.1, 0.15) is 24.4 Å². The number of carbonyl (C=O) groups excluding carboxylic acids is 1. The maximum absolute atomic E-state index is 11.5. The van der Waals surface area contributed by atoms with Crippen LogP contribution in [-0.4, -0.2) is 58.2 Å². The molecule has 100 valence electrons. The van der Waals surface area contributed by atoms with Gasteiger partial charge in [0.1, 0.15) is 6.07 Å². The van der Waals surface area contributed by atoms with Crippen molar-refractivity contribution in [1.29, 1.82) is 5.26 Å². The molecule has 1 amide bonds. The normalized spacial score (nSPS) is 24.5. The summed E-state index contributed by atoms with van der Waals surface area (Å²) >= 11 is 0. The largest absolute Gasteiger partial charge is 0.341 e. The van der Waals surface area contributed by atoms with E-state index in [1.165, 1.54) is 0 Å². The number of aromatic nitrogens is 2. The fraction of sp³-hybridized carbons (Fsp3) is 0.615. The smallest absolute Gasteiger partial charge is 0.222 e. The molecule has 6 nitrogen and oxygen atoms in total. The summed E-state index contributed by atoms with van der Waals surface area (Å²) in [4.78, 5) is 15.7. The summed E-state index contributed by atoms with van der Waals surface area (Å²) in [6.45, 7) is 2.85. The molecular weight excluding hydrogens is 242 g/mol. The van der Waals surface area contributed by atoms with Gasteiger partial charge < -0.3 is 4.90 Å². The van der Waals surface area contributed by atoms with Crippen LogP contribution in [0.4, 0.5) is 0 Å². The molecule has 0 aromatic carbocycles. The molecule has 6 heteroatoms. The third kappa shape index (κ3) is 2.22. The van der Waals surface area contributed by atoms with E-state index in [1.807, 2.05) is 16.6 Å². The van der Waals surface area contributed by atoms with Crippen molar-refractivity contribution < 1.29 is 4.79 Å². The lowest BCUT2D eigenvalue weighted by Gasteiger charge is -2.41. The number of likely N-dealkylation sites (tertiary alicyclic amines) is 2. The highest BCUT2D eigenvalue weighted by molar-refractivity contribution is 5.78. The van der Waals surface area contributed by atoms with Gasteiger partial charge in [0.2, 0.25) is 5.91 Å². The van der Waals surface area contributed by atoms with Gasteiger partial charge in [-0.1, -0.05) is 0 Å². The van der Waals surface area contributed by atoms with Gasteiger partial charge in [0.25, 0.3) is 0 Å². The molecule has 1 aromatic rings. The monoisotopic (exact) mass is 259 g/mol. The molecule has 0 bridgehead atoms. The topological polar surface area (TPSA) is 65.2 Å². The number of nitrogens with zero attached hydrogens (tertiary/aromatic N) is 5. The number of amides is 1. The first-order valence-corrected chi connectivity index (χ1v) is 6.59. The fourth-order valence-corrected chi connectivity index (χ4v) is 2.83. The van der Waals surface area contributed by atoms with Crippen molar-refractivity contribution in [3.63, 3.8) is 0 Å². The van der Waals surface area contributed by atoms with E-state index in [0.717, 1.165) is 26.1 Å². The molecule has 2 aliphatic rings. The molecule has 0 saturated carbocycles. The van der Waals surface area contributed by atoms with Crippen molar-refractivity contribution in [2.75, 3.05) is 26.7 Å². The van der Waals surface area contributed by atoms with E-state index in [0.29, 0.717) is 24.1 Å². The van der Waals surface area contributed by atoms with Crippen molar-refractivity contribution in [3.8, 4) is 6.07 Å². The maximum atomic E-state index is 11.5. The van der Waals surface area contributed by atoms with Gasteiger partial charge in [0.05, 0.1) is 17.8 Å². The van der Waals surface area contributed by atoms with E-state index in [-0.39, 0.29) is 5.91 Å². The molecule has 19 heavy (non-hydrogen) atoms. The molecule has 0 spiro atoms. The zero-order valence-electron chi connectivity index (χ0n) is 11.0. The molecule has 3 heterocycles. The first kappa shape index (κ1) is 12.2. The standard InChI is InChI=1S/C13H17N5O/c1-16-11(2-3-13(16)19)7-17-8-12(9-17)18-6-10(4-14)5-15-18/h5-6,11-12H,2-3,7-9H2,1H3. The van der Waals surface area contributed by atoms with E-state index in [1.54, 1.807) is 12.4 Å². The molecular formula is C13H17N5O. The third-order valence-electron chi connectivity index (χ3n) is 4.14. The van der Waals surface area contributed by atoms with Crippen molar-refractivity contribution in [2.45, 2.75) is 24.9 Å². The number of hydrogen-bond acceptors (Lipinski definition) is 4. The molecule has 1 unspecified atom stereocenters. The lowest BCUT2D eigenvalue weighted by Crippen LogP contribution is -2.52. The minimum atomic E-state index is 0.257.